The number of Topliss-reactive ketones (excluding diaryl/α,β-unsaturated/α-hetero) is 1. The first kappa shape index (κ1) is 13.0. The van der Waals surface area contributed by atoms with Crippen LogP contribution in [0.3, 0.4) is 0 Å². The third-order valence-corrected chi connectivity index (χ3v) is 3.30. The Labute approximate surface area is 107 Å². The Hall–Kier alpha value is -1.46. The van der Waals surface area contributed by atoms with Gasteiger partial charge in [0.2, 0.25) is 0 Å². The molecule has 0 bridgehead atoms. The number of ketones is 1. The fraction of sp³-hybridized carbons (Fsp3) is 0.538. The number of carbonyl (C=O) groups is 1. The summed E-state index contributed by atoms with van der Waals surface area (Å²) < 4.78 is 10.8. The quantitative estimate of drug-likeness (QED) is 0.750. The van der Waals surface area contributed by atoms with Gasteiger partial charge in [0, 0.05) is 39.1 Å². The highest BCUT2D eigenvalue weighted by Gasteiger charge is 2.33. The van der Waals surface area contributed by atoms with Gasteiger partial charge in [0.1, 0.15) is 18.0 Å². The lowest BCUT2D eigenvalue weighted by atomic mass is 10.2. The van der Waals surface area contributed by atoms with Crippen LogP contribution in [0.5, 0.6) is 0 Å². The smallest absolute Gasteiger partial charge is 0.161 e. The van der Waals surface area contributed by atoms with Crippen LogP contribution in [0.4, 0.5) is 5.82 Å². The van der Waals surface area contributed by atoms with Crippen molar-refractivity contribution in [2.45, 2.75) is 19.1 Å². The predicted octanol–water partition coefficient (Wildman–Crippen LogP) is 1.13. The molecule has 5 nitrogen and oxygen atoms in total. The molecule has 2 unspecified atom stereocenters. The zero-order valence-corrected chi connectivity index (χ0v) is 10.9. The standard InChI is InChI=1S/C13H18N2O3/c1-9(16)10-4-5-13(14-6-10)15-7-11(17-2)12(8-15)18-3/h4-6,11-12H,7-8H2,1-3H3. The lowest BCUT2D eigenvalue weighted by molar-refractivity contribution is -0.00461. The van der Waals surface area contributed by atoms with Gasteiger partial charge in [-0.3, -0.25) is 4.79 Å². The van der Waals surface area contributed by atoms with Crippen molar-refractivity contribution in [3.8, 4) is 0 Å². The van der Waals surface area contributed by atoms with Crippen molar-refractivity contribution in [3.05, 3.63) is 23.9 Å². The van der Waals surface area contributed by atoms with Crippen LogP contribution in [0.2, 0.25) is 0 Å². The topological polar surface area (TPSA) is 51.7 Å². The van der Waals surface area contributed by atoms with Crippen LogP contribution in [-0.2, 0) is 9.47 Å². The molecular formula is C13H18N2O3. The van der Waals surface area contributed by atoms with Gasteiger partial charge in [-0.05, 0) is 19.1 Å². The Morgan fingerprint density at radius 2 is 1.89 bits per heavy atom. The first-order chi connectivity index (χ1) is 8.65. The van der Waals surface area contributed by atoms with Crippen LogP contribution in [0.1, 0.15) is 17.3 Å². The van der Waals surface area contributed by atoms with Gasteiger partial charge in [0.25, 0.3) is 0 Å². The number of rotatable bonds is 4. The van der Waals surface area contributed by atoms with Crippen molar-refractivity contribution in [2.24, 2.45) is 0 Å². The second-order valence-electron chi connectivity index (χ2n) is 4.41. The summed E-state index contributed by atoms with van der Waals surface area (Å²) in [6.45, 7) is 3.04. The summed E-state index contributed by atoms with van der Waals surface area (Å²) in [5.74, 6) is 0.876. The van der Waals surface area contributed by atoms with E-state index in [1.54, 1.807) is 26.5 Å². The van der Waals surface area contributed by atoms with Crippen LogP contribution in [0.25, 0.3) is 0 Å². The average molecular weight is 250 g/mol. The Morgan fingerprint density at radius 3 is 2.28 bits per heavy atom. The molecule has 0 aliphatic carbocycles. The molecule has 0 aromatic carbocycles. The number of aromatic nitrogens is 1. The lowest BCUT2D eigenvalue weighted by Crippen LogP contribution is -2.27. The summed E-state index contributed by atoms with van der Waals surface area (Å²) in [6.07, 6.45) is 1.73. The molecule has 2 rings (SSSR count). The highest BCUT2D eigenvalue weighted by atomic mass is 16.5. The fourth-order valence-corrected chi connectivity index (χ4v) is 2.17. The van der Waals surface area contributed by atoms with Crippen molar-refractivity contribution in [1.82, 2.24) is 4.98 Å². The van der Waals surface area contributed by atoms with Gasteiger partial charge >= 0.3 is 0 Å². The van der Waals surface area contributed by atoms with E-state index in [-0.39, 0.29) is 18.0 Å². The normalized spacial score (nSPS) is 23.4. The summed E-state index contributed by atoms with van der Waals surface area (Å²) in [4.78, 5) is 17.6. The minimum Gasteiger partial charge on any atom is -0.377 e. The highest BCUT2D eigenvalue weighted by Crippen LogP contribution is 2.21. The Morgan fingerprint density at radius 1 is 1.28 bits per heavy atom. The second kappa shape index (κ2) is 5.46. The SMILES string of the molecule is COC1CN(c2ccc(C(C)=O)cn2)CC1OC. The molecular weight excluding hydrogens is 232 g/mol. The van der Waals surface area contributed by atoms with E-state index in [1.165, 1.54) is 6.92 Å². The summed E-state index contributed by atoms with van der Waals surface area (Å²) in [5.41, 5.74) is 0.629. The third kappa shape index (κ3) is 2.52. The molecule has 5 heteroatoms. The largest absolute Gasteiger partial charge is 0.377 e. The van der Waals surface area contributed by atoms with Crippen LogP contribution < -0.4 is 4.90 Å². The average Bonchev–Trinajstić information content (AvgIpc) is 2.82. The summed E-state index contributed by atoms with van der Waals surface area (Å²) in [5, 5.41) is 0. The molecule has 1 aromatic heterocycles. The maximum atomic E-state index is 11.2. The molecule has 0 spiro atoms. The van der Waals surface area contributed by atoms with E-state index in [0.29, 0.717) is 5.56 Å². The molecule has 1 fully saturated rings. The molecule has 2 heterocycles. The molecule has 1 aromatic rings. The number of anilines is 1. The lowest BCUT2D eigenvalue weighted by Gasteiger charge is -2.16. The number of methoxy groups -OCH3 is 2. The van der Waals surface area contributed by atoms with Crippen molar-refractivity contribution in [3.63, 3.8) is 0 Å². The highest BCUT2D eigenvalue weighted by molar-refractivity contribution is 5.93. The molecule has 1 aliphatic heterocycles. The van der Waals surface area contributed by atoms with Gasteiger partial charge in [-0.1, -0.05) is 0 Å². The van der Waals surface area contributed by atoms with Crippen molar-refractivity contribution < 1.29 is 14.3 Å². The van der Waals surface area contributed by atoms with Gasteiger partial charge in [0.05, 0.1) is 0 Å². The minimum absolute atomic E-state index is 0.0278. The van der Waals surface area contributed by atoms with Crippen molar-refractivity contribution in [1.29, 1.82) is 0 Å². The Kier molecular flexibility index (Phi) is 3.93. The molecule has 0 amide bonds. The van der Waals surface area contributed by atoms with Crippen LogP contribution in [0, 0.1) is 0 Å². The van der Waals surface area contributed by atoms with Gasteiger partial charge in [-0.2, -0.15) is 0 Å². The zero-order chi connectivity index (χ0) is 13.1. The molecule has 0 saturated carbocycles. The van der Waals surface area contributed by atoms with Crippen LogP contribution in [0.15, 0.2) is 18.3 Å². The maximum Gasteiger partial charge on any atom is 0.161 e. The zero-order valence-electron chi connectivity index (χ0n) is 10.9. The summed E-state index contributed by atoms with van der Waals surface area (Å²) in [7, 11) is 3.37. The monoisotopic (exact) mass is 250 g/mol. The number of pyridine rings is 1. The number of hydrogen-bond donors (Lipinski definition) is 0. The van der Waals surface area contributed by atoms with E-state index in [2.05, 4.69) is 9.88 Å². The van der Waals surface area contributed by atoms with Crippen molar-refractivity contribution in [2.75, 3.05) is 32.2 Å². The van der Waals surface area contributed by atoms with Crippen LogP contribution in [-0.4, -0.2) is 50.3 Å². The molecule has 1 saturated heterocycles. The van der Waals surface area contributed by atoms with E-state index in [0.717, 1.165) is 18.9 Å². The van der Waals surface area contributed by atoms with E-state index in [9.17, 15) is 4.79 Å². The molecule has 18 heavy (non-hydrogen) atoms. The molecule has 2 atom stereocenters. The van der Waals surface area contributed by atoms with E-state index >= 15 is 0 Å². The van der Waals surface area contributed by atoms with E-state index in [4.69, 9.17) is 9.47 Å². The predicted molar refractivity (Wildman–Crippen MR) is 68.0 cm³/mol. The van der Waals surface area contributed by atoms with E-state index in [1.807, 2.05) is 6.07 Å². The molecule has 98 valence electrons. The first-order valence-corrected chi connectivity index (χ1v) is 5.93. The van der Waals surface area contributed by atoms with Gasteiger partial charge in [0.15, 0.2) is 5.78 Å². The Balaban J connectivity index is 2.11. The Bertz CT molecular complexity index is 407. The number of carbonyl (C=O) groups excluding carboxylic acids is 1. The first-order valence-electron chi connectivity index (χ1n) is 5.93. The number of ether oxygens (including phenoxy) is 2. The molecule has 1 aliphatic rings. The van der Waals surface area contributed by atoms with E-state index < -0.39 is 0 Å². The van der Waals surface area contributed by atoms with Gasteiger partial charge < -0.3 is 14.4 Å². The molecule has 0 N–H and O–H groups in total. The summed E-state index contributed by atoms with van der Waals surface area (Å²) >= 11 is 0. The van der Waals surface area contributed by atoms with Crippen LogP contribution >= 0.6 is 0 Å². The van der Waals surface area contributed by atoms with Gasteiger partial charge in [-0.25, -0.2) is 4.98 Å². The third-order valence-electron chi connectivity index (χ3n) is 3.30. The maximum absolute atomic E-state index is 11.2. The molecule has 0 radical (unpaired) electrons. The fourth-order valence-electron chi connectivity index (χ4n) is 2.17. The number of hydrogen-bond acceptors (Lipinski definition) is 5. The minimum atomic E-state index is 0.0278. The second-order valence-corrected chi connectivity index (χ2v) is 4.41. The number of nitrogens with zero attached hydrogens (tertiary/aromatic N) is 2. The van der Waals surface area contributed by atoms with Gasteiger partial charge in [-0.15, -0.1) is 0 Å². The summed E-state index contributed by atoms with van der Waals surface area (Å²) in [6, 6.07) is 3.66. The van der Waals surface area contributed by atoms with Crippen molar-refractivity contribution >= 4 is 11.6 Å².